The third-order valence-corrected chi connectivity index (χ3v) is 4.18. The van der Waals surface area contributed by atoms with Crippen LogP contribution in [0.2, 0.25) is 0 Å². The summed E-state index contributed by atoms with van der Waals surface area (Å²) < 4.78 is 13.1. The van der Waals surface area contributed by atoms with Crippen LogP contribution in [0.4, 0.5) is 15.9 Å². The van der Waals surface area contributed by atoms with E-state index < -0.39 is 0 Å². The Morgan fingerprint density at radius 3 is 2.40 bits per heavy atom. The van der Waals surface area contributed by atoms with E-state index in [1.54, 1.807) is 0 Å². The lowest BCUT2D eigenvalue weighted by molar-refractivity contribution is 0.552. The number of nitrogen functional groups attached to an aromatic ring is 1. The minimum absolute atomic E-state index is 0.165. The Labute approximate surface area is 146 Å². The molecule has 0 bridgehead atoms. The molecule has 3 aromatic rings. The van der Waals surface area contributed by atoms with Gasteiger partial charge in [-0.3, -0.25) is 0 Å². The molecule has 0 aliphatic rings. The van der Waals surface area contributed by atoms with Crippen LogP contribution >= 0.6 is 0 Å². The summed E-state index contributed by atoms with van der Waals surface area (Å²) in [6.45, 7) is 4.86. The van der Waals surface area contributed by atoms with Gasteiger partial charge in [0.2, 0.25) is 0 Å². The van der Waals surface area contributed by atoms with E-state index in [-0.39, 0.29) is 11.2 Å². The minimum Gasteiger partial charge on any atom is -0.399 e. The lowest BCUT2D eigenvalue weighted by atomic mass is 9.84. The molecule has 25 heavy (non-hydrogen) atoms. The molecule has 0 saturated heterocycles. The zero-order valence-corrected chi connectivity index (χ0v) is 14.3. The summed E-state index contributed by atoms with van der Waals surface area (Å²) in [6, 6.07) is 17.9. The fourth-order valence-electron chi connectivity index (χ4n) is 2.59. The number of nitrogens with one attached hydrogen (secondary N) is 1. The van der Waals surface area contributed by atoms with Gasteiger partial charge in [-0.15, -0.1) is 10.2 Å². The highest BCUT2D eigenvalue weighted by atomic mass is 19.1. The number of nitrogens with zero attached hydrogens (tertiary/aromatic N) is 2. The van der Waals surface area contributed by atoms with Crippen molar-refractivity contribution in [2.45, 2.75) is 19.3 Å². The van der Waals surface area contributed by atoms with Crippen molar-refractivity contribution in [3.63, 3.8) is 0 Å². The molecule has 128 valence electrons. The van der Waals surface area contributed by atoms with E-state index in [9.17, 15) is 4.39 Å². The molecule has 0 saturated carbocycles. The van der Waals surface area contributed by atoms with Crippen molar-refractivity contribution in [2.75, 3.05) is 17.6 Å². The second kappa shape index (κ2) is 6.89. The molecule has 4 nitrogen and oxygen atoms in total. The lowest BCUT2D eigenvalue weighted by Crippen LogP contribution is -2.28. The number of aromatic nitrogens is 2. The molecule has 3 N–H and O–H groups in total. The molecule has 3 rings (SSSR count). The number of hydrogen-bond acceptors (Lipinski definition) is 4. The molecule has 0 fully saturated rings. The van der Waals surface area contributed by atoms with Gasteiger partial charge < -0.3 is 11.1 Å². The van der Waals surface area contributed by atoms with Crippen LogP contribution in [-0.2, 0) is 5.41 Å². The van der Waals surface area contributed by atoms with Gasteiger partial charge in [-0.05, 0) is 42.0 Å². The van der Waals surface area contributed by atoms with Crippen molar-refractivity contribution < 1.29 is 4.39 Å². The van der Waals surface area contributed by atoms with Crippen molar-refractivity contribution in [1.82, 2.24) is 10.2 Å². The molecule has 0 unspecified atom stereocenters. The minimum atomic E-state index is -0.226. The molecule has 0 aliphatic carbocycles. The molecular weight excluding hydrogens is 315 g/mol. The van der Waals surface area contributed by atoms with Gasteiger partial charge in [0.15, 0.2) is 0 Å². The average molecular weight is 336 g/mol. The van der Waals surface area contributed by atoms with E-state index in [0.29, 0.717) is 18.1 Å². The van der Waals surface area contributed by atoms with Crippen LogP contribution in [0.5, 0.6) is 0 Å². The number of benzene rings is 2. The zero-order chi connectivity index (χ0) is 17.9. The standard InChI is InChI=1S/C20H21FN4/c1-20(2,15-6-8-16(21)9-7-15)13-23-19-11-10-18(24-25-19)14-4-3-5-17(22)12-14/h3-12H,13,22H2,1-2H3,(H,23,25). The molecule has 0 atom stereocenters. The number of hydrogen-bond donors (Lipinski definition) is 2. The van der Waals surface area contributed by atoms with Crippen molar-refractivity contribution in [3.05, 3.63) is 72.0 Å². The number of rotatable bonds is 5. The van der Waals surface area contributed by atoms with Crippen molar-refractivity contribution >= 4 is 11.5 Å². The first-order valence-corrected chi connectivity index (χ1v) is 8.14. The van der Waals surface area contributed by atoms with Crippen LogP contribution in [0.15, 0.2) is 60.7 Å². The third-order valence-electron chi connectivity index (χ3n) is 4.18. The topological polar surface area (TPSA) is 63.8 Å². The maximum absolute atomic E-state index is 13.1. The maximum atomic E-state index is 13.1. The molecule has 0 amide bonds. The fourth-order valence-corrected chi connectivity index (χ4v) is 2.59. The Balaban J connectivity index is 1.68. The molecule has 5 heteroatoms. The smallest absolute Gasteiger partial charge is 0.148 e. The number of nitrogens with two attached hydrogens (primary N) is 1. The molecular formula is C20H21FN4. The molecule has 1 heterocycles. The fraction of sp³-hybridized carbons (Fsp3) is 0.200. The average Bonchev–Trinajstić information content (AvgIpc) is 2.61. The number of anilines is 2. The van der Waals surface area contributed by atoms with E-state index in [4.69, 9.17) is 5.73 Å². The Hall–Kier alpha value is -2.95. The second-order valence-corrected chi connectivity index (χ2v) is 6.67. The van der Waals surface area contributed by atoms with Gasteiger partial charge in [0.1, 0.15) is 11.6 Å². The van der Waals surface area contributed by atoms with E-state index in [1.807, 2.05) is 48.5 Å². The summed E-state index contributed by atoms with van der Waals surface area (Å²) in [5.74, 6) is 0.471. The first-order chi connectivity index (χ1) is 11.9. The summed E-state index contributed by atoms with van der Waals surface area (Å²) in [4.78, 5) is 0. The molecule has 1 aromatic heterocycles. The van der Waals surface area contributed by atoms with Crippen molar-refractivity contribution in [2.24, 2.45) is 0 Å². The Kier molecular flexibility index (Phi) is 4.65. The predicted molar refractivity (Wildman–Crippen MR) is 99.8 cm³/mol. The van der Waals surface area contributed by atoms with Crippen LogP contribution < -0.4 is 11.1 Å². The highest BCUT2D eigenvalue weighted by Crippen LogP contribution is 2.24. The van der Waals surface area contributed by atoms with Crippen molar-refractivity contribution in [1.29, 1.82) is 0 Å². The molecule has 0 aliphatic heterocycles. The molecule has 2 aromatic carbocycles. The Morgan fingerprint density at radius 1 is 1.00 bits per heavy atom. The summed E-state index contributed by atoms with van der Waals surface area (Å²) >= 11 is 0. The SMILES string of the molecule is CC(C)(CNc1ccc(-c2cccc(N)c2)nn1)c1ccc(F)cc1. The second-order valence-electron chi connectivity index (χ2n) is 6.67. The summed E-state index contributed by atoms with van der Waals surface area (Å²) in [5, 5.41) is 11.8. The largest absolute Gasteiger partial charge is 0.399 e. The molecule has 0 spiro atoms. The highest BCUT2D eigenvalue weighted by molar-refractivity contribution is 5.64. The van der Waals surface area contributed by atoms with Gasteiger partial charge in [-0.2, -0.15) is 0 Å². The van der Waals surface area contributed by atoms with Crippen LogP contribution in [-0.4, -0.2) is 16.7 Å². The first kappa shape index (κ1) is 16.9. The van der Waals surface area contributed by atoms with Crippen molar-refractivity contribution in [3.8, 4) is 11.3 Å². The molecule has 0 radical (unpaired) electrons. The van der Waals surface area contributed by atoms with Gasteiger partial charge >= 0.3 is 0 Å². The highest BCUT2D eigenvalue weighted by Gasteiger charge is 2.20. The van der Waals surface area contributed by atoms with Crippen LogP contribution in [0.1, 0.15) is 19.4 Å². The van der Waals surface area contributed by atoms with Crippen LogP contribution in [0.3, 0.4) is 0 Å². The Morgan fingerprint density at radius 2 is 1.76 bits per heavy atom. The van der Waals surface area contributed by atoms with E-state index in [1.165, 1.54) is 12.1 Å². The Bertz CT molecular complexity index is 842. The normalized spacial score (nSPS) is 11.3. The summed E-state index contributed by atoms with van der Waals surface area (Å²) in [6.07, 6.45) is 0. The van der Waals surface area contributed by atoms with Gasteiger partial charge in [-0.25, -0.2) is 4.39 Å². The third kappa shape index (κ3) is 4.12. The van der Waals surface area contributed by atoms with E-state index >= 15 is 0 Å². The van der Waals surface area contributed by atoms with Crippen LogP contribution in [0, 0.1) is 5.82 Å². The lowest BCUT2D eigenvalue weighted by Gasteiger charge is -2.25. The van der Waals surface area contributed by atoms with E-state index in [2.05, 4.69) is 29.4 Å². The summed E-state index contributed by atoms with van der Waals surface area (Å²) in [5.41, 5.74) is 9.10. The van der Waals surface area contributed by atoms with Crippen LogP contribution in [0.25, 0.3) is 11.3 Å². The van der Waals surface area contributed by atoms with Gasteiger partial charge in [0, 0.05) is 23.2 Å². The predicted octanol–water partition coefficient (Wildman–Crippen LogP) is 4.25. The monoisotopic (exact) mass is 336 g/mol. The van der Waals surface area contributed by atoms with Gasteiger partial charge in [0.05, 0.1) is 5.69 Å². The van der Waals surface area contributed by atoms with Gasteiger partial charge in [0.25, 0.3) is 0 Å². The van der Waals surface area contributed by atoms with Gasteiger partial charge in [-0.1, -0.05) is 38.1 Å². The number of halogens is 1. The first-order valence-electron chi connectivity index (χ1n) is 8.14. The zero-order valence-electron chi connectivity index (χ0n) is 14.3. The quantitative estimate of drug-likeness (QED) is 0.684. The van der Waals surface area contributed by atoms with E-state index in [0.717, 1.165) is 16.8 Å². The summed E-state index contributed by atoms with van der Waals surface area (Å²) in [7, 11) is 0. The maximum Gasteiger partial charge on any atom is 0.148 e.